The van der Waals surface area contributed by atoms with Gasteiger partial charge >= 0.3 is 5.97 Å². The number of nitro benzene ring substituents is 1. The molecule has 0 fully saturated rings. The number of hydrogen-bond donors (Lipinski definition) is 2. The Morgan fingerprint density at radius 2 is 1.79 bits per heavy atom. The third-order valence-corrected chi connectivity index (χ3v) is 7.88. The number of fused-ring (bicyclic) bond motifs is 1. The number of sulfonamides is 1. The van der Waals surface area contributed by atoms with E-state index in [1.165, 1.54) is 30.3 Å². The molecule has 0 radical (unpaired) electrons. The molecule has 0 bridgehead atoms. The molecule has 0 unspecified atom stereocenters. The van der Waals surface area contributed by atoms with Crippen LogP contribution in [0.25, 0.3) is 10.2 Å². The average Bonchev–Trinajstić information content (AvgIpc) is 3.25. The number of ether oxygens (including phenoxy) is 1. The number of nitrogens with one attached hydrogen (secondary N) is 2. The van der Waals surface area contributed by atoms with E-state index in [4.69, 9.17) is 27.9 Å². The number of carbonyl (C=O) groups is 2. The van der Waals surface area contributed by atoms with E-state index in [-0.39, 0.29) is 32.1 Å². The van der Waals surface area contributed by atoms with Gasteiger partial charge in [-0.15, -0.1) is 0 Å². The first-order valence-corrected chi connectivity index (χ1v) is 13.3. The van der Waals surface area contributed by atoms with E-state index in [9.17, 15) is 32.5 Å². The second kappa shape index (κ2) is 10.9. The lowest BCUT2D eigenvalue weighted by molar-refractivity contribution is -0.384. The van der Waals surface area contributed by atoms with E-state index < -0.39 is 44.1 Å². The van der Waals surface area contributed by atoms with Crippen molar-refractivity contribution in [2.45, 2.75) is 4.90 Å². The van der Waals surface area contributed by atoms with Crippen LogP contribution in [0.3, 0.4) is 0 Å². The number of aromatic nitrogens is 1. The maximum Gasteiger partial charge on any atom is 0.340 e. The summed E-state index contributed by atoms with van der Waals surface area (Å²) in [6.07, 6.45) is 0. The van der Waals surface area contributed by atoms with Crippen LogP contribution in [0.2, 0.25) is 10.0 Å². The highest BCUT2D eigenvalue weighted by atomic mass is 35.5. The van der Waals surface area contributed by atoms with E-state index in [2.05, 4.69) is 15.0 Å². The number of thiazole rings is 1. The minimum Gasteiger partial charge on any atom is -0.452 e. The molecular formula is C22H13Cl2FN4O7S2. The molecule has 0 aliphatic rings. The predicted octanol–water partition coefficient (Wildman–Crippen LogP) is 5.25. The number of rotatable bonds is 8. The van der Waals surface area contributed by atoms with Crippen LogP contribution in [-0.2, 0) is 19.6 Å². The topological polar surface area (TPSA) is 158 Å². The van der Waals surface area contributed by atoms with Crippen molar-refractivity contribution < 1.29 is 32.1 Å². The van der Waals surface area contributed by atoms with E-state index in [1.807, 2.05) is 0 Å². The first kappa shape index (κ1) is 27.2. The lowest BCUT2D eigenvalue weighted by Gasteiger charge is -2.12. The van der Waals surface area contributed by atoms with Crippen LogP contribution >= 0.6 is 34.5 Å². The minimum atomic E-state index is -4.32. The highest BCUT2D eigenvalue weighted by Gasteiger charge is 2.24. The van der Waals surface area contributed by atoms with Gasteiger partial charge in [0, 0.05) is 17.8 Å². The van der Waals surface area contributed by atoms with Gasteiger partial charge in [-0.2, -0.15) is 0 Å². The Bertz CT molecular complexity index is 1700. The average molecular weight is 599 g/mol. The summed E-state index contributed by atoms with van der Waals surface area (Å²) in [4.78, 5) is 38.8. The Hall–Kier alpha value is -3.85. The van der Waals surface area contributed by atoms with Gasteiger partial charge in [0.25, 0.3) is 21.6 Å². The second-order valence-electron chi connectivity index (χ2n) is 7.43. The highest BCUT2D eigenvalue weighted by Crippen LogP contribution is 2.31. The van der Waals surface area contributed by atoms with E-state index in [0.29, 0.717) is 10.2 Å². The number of nitro groups is 1. The third kappa shape index (κ3) is 6.16. The van der Waals surface area contributed by atoms with E-state index in [1.54, 1.807) is 0 Å². The largest absolute Gasteiger partial charge is 0.452 e. The molecule has 196 valence electrons. The summed E-state index contributed by atoms with van der Waals surface area (Å²) in [5, 5.41) is 12.9. The predicted molar refractivity (Wildman–Crippen MR) is 139 cm³/mol. The Balaban J connectivity index is 1.45. The van der Waals surface area contributed by atoms with Gasteiger partial charge in [0.1, 0.15) is 10.7 Å². The zero-order chi connectivity index (χ0) is 27.6. The number of esters is 1. The van der Waals surface area contributed by atoms with Crippen LogP contribution in [0.1, 0.15) is 10.4 Å². The fourth-order valence-electron chi connectivity index (χ4n) is 3.06. The molecule has 0 spiro atoms. The molecule has 11 nitrogen and oxygen atoms in total. The Kier molecular flexibility index (Phi) is 7.78. The van der Waals surface area contributed by atoms with Crippen LogP contribution in [0.15, 0.2) is 59.5 Å². The number of hydrogen-bond acceptors (Lipinski definition) is 9. The second-order valence-corrected chi connectivity index (χ2v) is 10.9. The van der Waals surface area contributed by atoms with Crippen molar-refractivity contribution in [3.8, 4) is 0 Å². The van der Waals surface area contributed by atoms with E-state index in [0.717, 1.165) is 35.6 Å². The number of amides is 1. The molecule has 0 saturated heterocycles. The SMILES string of the molecule is O=C(COC(=O)c1cc(S(=O)(=O)Nc2ccc(F)cc2)c(Cl)cc1Cl)Nc1nc2ccc([N+](=O)[O-])cc2s1. The molecular weight excluding hydrogens is 586 g/mol. The van der Waals surface area contributed by atoms with Crippen molar-refractivity contribution in [2.75, 3.05) is 16.6 Å². The zero-order valence-electron chi connectivity index (χ0n) is 18.6. The summed E-state index contributed by atoms with van der Waals surface area (Å²) in [5.74, 6) is -2.46. The maximum atomic E-state index is 13.1. The molecule has 0 aliphatic carbocycles. The standard InChI is InChI=1S/C22H13Cl2FN4O7S2/c23-15-9-16(24)19(38(34,35)28-12-3-1-11(25)2-4-12)8-14(15)21(31)36-10-20(30)27-22-26-17-6-5-13(29(32)33)7-18(17)37-22/h1-9,28H,10H2,(H,26,27,30). The molecule has 16 heteroatoms. The summed E-state index contributed by atoms with van der Waals surface area (Å²) < 4.78 is 46.3. The number of carbonyl (C=O) groups excluding carboxylic acids is 2. The molecule has 2 N–H and O–H groups in total. The van der Waals surface area contributed by atoms with Gasteiger partial charge in [-0.05, 0) is 42.5 Å². The normalized spacial score (nSPS) is 11.2. The van der Waals surface area contributed by atoms with Crippen LogP contribution < -0.4 is 10.0 Å². The van der Waals surface area contributed by atoms with Gasteiger partial charge in [0.2, 0.25) is 0 Å². The molecule has 1 aromatic heterocycles. The Morgan fingerprint density at radius 3 is 2.47 bits per heavy atom. The zero-order valence-corrected chi connectivity index (χ0v) is 21.8. The summed E-state index contributed by atoms with van der Waals surface area (Å²) in [7, 11) is -4.32. The number of benzene rings is 3. The number of halogens is 3. The summed E-state index contributed by atoms with van der Waals surface area (Å²) in [6.45, 7) is -0.774. The first-order chi connectivity index (χ1) is 17.9. The fourth-order valence-corrected chi connectivity index (χ4v) is 5.89. The molecule has 4 aromatic rings. The monoisotopic (exact) mass is 598 g/mol. The summed E-state index contributed by atoms with van der Waals surface area (Å²) in [6, 6.07) is 10.4. The van der Waals surface area contributed by atoms with Crippen LogP contribution in [0, 0.1) is 15.9 Å². The lowest BCUT2D eigenvalue weighted by atomic mass is 10.2. The first-order valence-electron chi connectivity index (χ1n) is 10.2. The third-order valence-electron chi connectivity index (χ3n) is 4.79. The van der Waals surface area contributed by atoms with Crippen molar-refractivity contribution in [3.63, 3.8) is 0 Å². The van der Waals surface area contributed by atoms with Gasteiger partial charge in [0.15, 0.2) is 11.7 Å². The maximum absolute atomic E-state index is 13.1. The molecule has 38 heavy (non-hydrogen) atoms. The molecule has 0 atom stereocenters. The van der Waals surface area contributed by atoms with Gasteiger partial charge in [-0.3, -0.25) is 24.9 Å². The molecule has 0 aliphatic heterocycles. The van der Waals surface area contributed by atoms with Gasteiger partial charge in [-0.1, -0.05) is 34.5 Å². The van der Waals surface area contributed by atoms with Gasteiger partial charge < -0.3 is 4.74 Å². The Labute approximate surface area is 227 Å². The summed E-state index contributed by atoms with van der Waals surface area (Å²) in [5.41, 5.74) is -0.0517. The summed E-state index contributed by atoms with van der Waals surface area (Å²) >= 11 is 13.1. The minimum absolute atomic E-state index is 0.0441. The highest BCUT2D eigenvalue weighted by molar-refractivity contribution is 7.92. The quantitative estimate of drug-likeness (QED) is 0.158. The smallest absolute Gasteiger partial charge is 0.340 e. The van der Waals surface area contributed by atoms with Crippen molar-refractivity contribution in [3.05, 3.63) is 86.1 Å². The van der Waals surface area contributed by atoms with Crippen LogP contribution in [0.5, 0.6) is 0 Å². The van der Waals surface area contributed by atoms with Gasteiger partial charge in [0.05, 0.1) is 30.7 Å². The number of anilines is 2. The Morgan fingerprint density at radius 1 is 1.08 bits per heavy atom. The molecule has 1 heterocycles. The van der Waals surface area contributed by atoms with Crippen molar-refractivity contribution in [1.29, 1.82) is 0 Å². The van der Waals surface area contributed by atoms with Crippen molar-refractivity contribution in [2.24, 2.45) is 0 Å². The molecule has 4 rings (SSSR count). The number of non-ortho nitro benzene ring substituents is 1. The number of nitrogens with zero attached hydrogens (tertiary/aromatic N) is 2. The molecule has 3 aromatic carbocycles. The molecule has 0 saturated carbocycles. The lowest BCUT2D eigenvalue weighted by Crippen LogP contribution is -2.21. The molecule has 1 amide bonds. The van der Waals surface area contributed by atoms with E-state index >= 15 is 0 Å². The van der Waals surface area contributed by atoms with Crippen LogP contribution in [0.4, 0.5) is 20.9 Å². The van der Waals surface area contributed by atoms with Crippen molar-refractivity contribution >= 4 is 83.2 Å². The van der Waals surface area contributed by atoms with Gasteiger partial charge in [-0.25, -0.2) is 22.6 Å². The van der Waals surface area contributed by atoms with Crippen LogP contribution in [-0.4, -0.2) is 36.8 Å². The fraction of sp³-hybridized carbons (Fsp3) is 0.0455. The van der Waals surface area contributed by atoms with Crippen molar-refractivity contribution in [1.82, 2.24) is 4.98 Å².